The Morgan fingerprint density at radius 1 is 1.30 bits per heavy atom. The van der Waals surface area contributed by atoms with Crippen LogP contribution < -0.4 is 9.47 Å². The van der Waals surface area contributed by atoms with Crippen LogP contribution in [0, 0.1) is 0 Å². The van der Waals surface area contributed by atoms with Crippen LogP contribution in [-0.4, -0.2) is 55.2 Å². The summed E-state index contributed by atoms with van der Waals surface area (Å²) >= 11 is 5.89. The quantitative estimate of drug-likeness (QED) is 0.772. The van der Waals surface area contributed by atoms with Crippen molar-refractivity contribution in [3.63, 3.8) is 0 Å². The SMILES string of the molecule is O=C(C1COc2ccccc2O1)N1CCOCC1CCl. The molecule has 1 aromatic rings. The van der Waals surface area contributed by atoms with Crippen LogP contribution in [0.25, 0.3) is 0 Å². The van der Waals surface area contributed by atoms with E-state index in [0.717, 1.165) is 0 Å². The average molecular weight is 298 g/mol. The number of para-hydroxylation sites is 2. The maximum absolute atomic E-state index is 12.5. The van der Waals surface area contributed by atoms with Crippen molar-refractivity contribution >= 4 is 17.5 Å². The molecule has 0 aromatic heterocycles. The number of carbonyl (C=O) groups is 1. The van der Waals surface area contributed by atoms with E-state index in [1.807, 2.05) is 18.2 Å². The third-order valence-corrected chi connectivity index (χ3v) is 3.83. The number of fused-ring (bicyclic) bond motifs is 1. The summed E-state index contributed by atoms with van der Waals surface area (Å²) in [5.41, 5.74) is 0. The Bertz CT molecular complexity index is 496. The van der Waals surface area contributed by atoms with Crippen molar-refractivity contribution in [1.29, 1.82) is 0 Å². The van der Waals surface area contributed by atoms with Gasteiger partial charge in [0.1, 0.15) is 6.61 Å². The summed E-state index contributed by atoms with van der Waals surface area (Å²) in [6.45, 7) is 1.77. The summed E-state index contributed by atoms with van der Waals surface area (Å²) in [4.78, 5) is 14.3. The minimum Gasteiger partial charge on any atom is -0.485 e. The molecule has 1 saturated heterocycles. The molecule has 1 amide bonds. The largest absolute Gasteiger partial charge is 0.485 e. The molecule has 0 radical (unpaired) electrons. The van der Waals surface area contributed by atoms with Crippen molar-refractivity contribution in [3.05, 3.63) is 24.3 Å². The molecule has 0 aliphatic carbocycles. The molecule has 0 spiro atoms. The number of hydrogen-bond donors (Lipinski definition) is 0. The standard InChI is InChI=1S/C14H16ClNO4/c15-7-10-8-18-6-5-16(10)14(17)13-9-19-11-3-1-2-4-12(11)20-13/h1-4,10,13H,5-9H2. The van der Waals surface area contributed by atoms with Crippen molar-refractivity contribution < 1.29 is 19.0 Å². The van der Waals surface area contributed by atoms with Crippen LogP contribution in [0.5, 0.6) is 11.5 Å². The fourth-order valence-electron chi connectivity index (χ4n) is 2.40. The Labute approximate surface area is 122 Å². The lowest BCUT2D eigenvalue weighted by Gasteiger charge is -2.37. The fourth-order valence-corrected chi connectivity index (χ4v) is 2.65. The smallest absolute Gasteiger partial charge is 0.267 e. The van der Waals surface area contributed by atoms with E-state index in [-0.39, 0.29) is 18.6 Å². The summed E-state index contributed by atoms with van der Waals surface area (Å²) in [5.74, 6) is 1.55. The summed E-state index contributed by atoms with van der Waals surface area (Å²) in [7, 11) is 0. The van der Waals surface area contributed by atoms with Crippen molar-refractivity contribution in [2.24, 2.45) is 0 Å². The molecular weight excluding hydrogens is 282 g/mol. The molecule has 5 nitrogen and oxygen atoms in total. The second-order valence-electron chi connectivity index (χ2n) is 4.78. The maximum atomic E-state index is 12.5. The van der Waals surface area contributed by atoms with E-state index in [4.69, 9.17) is 25.8 Å². The predicted octanol–water partition coefficient (Wildman–Crippen LogP) is 1.29. The molecule has 2 aliphatic rings. The zero-order valence-corrected chi connectivity index (χ0v) is 11.7. The molecule has 3 rings (SSSR count). The van der Waals surface area contributed by atoms with E-state index in [2.05, 4.69) is 0 Å². The highest BCUT2D eigenvalue weighted by Gasteiger charge is 2.35. The Kier molecular flexibility index (Phi) is 3.98. The molecule has 1 fully saturated rings. The Morgan fingerprint density at radius 3 is 2.90 bits per heavy atom. The van der Waals surface area contributed by atoms with Gasteiger partial charge in [0.05, 0.1) is 19.3 Å². The van der Waals surface area contributed by atoms with Crippen molar-refractivity contribution in [2.45, 2.75) is 12.1 Å². The molecule has 1 aromatic carbocycles. The minimum atomic E-state index is -0.617. The van der Waals surface area contributed by atoms with E-state index in [0.29, 0.717) is 37.1 Å². The summed E-state index contributed by atoms with van der Waals surface area (Å²) in [6.07, 6.45) is -0.617. The Balaban J connectivity index is 1.72. The summed E-state index contributed by atoms with van der Waals surface area (Å²) in [5, 5.41) is 0. The monoisotopic (exact) mass is 297 g/mol. The number of alkyl halides is 1. The van der Waals surface area contributed by atoms with Crippen LogP contribution in [0.2, 0.25) is 0 Å². The highest BCUT2D eigenvalue weighted by molar-refractivity contribution is 6.18. The maximum Gasteiger partial charge on any atom is 0.267 e. The van der Waals surface area contributed by atoms with Crippen LogP contribution in [0.4, 0.5) is 0 Å². The third-order valence-electron chi connectivity index (χ3n) is 3.47. The van der Waals surface area contributed by atoms with Crippen molar-refractivity contribution in [3.8, 4) is 11.5 Å². The number of hydrogen-bond acceptors (Lipinski definition) is 4. The van der Waals surface area contributed by atoms with Crippen LogP contribution in [0.3, 0.4) is 0 Å². The number of morpholine rings is 1. The first-order valence-corrected chi connectivity index (χ1v) is 7.15. The number of nitrogens with zero attached hydrogens (tertiary/aromatic N) is 1. The first-order valence-electron chi connectivity index (χ1n) is 6.62. The van der Waals surface area contributed by atoms with Gasteiger partial charge < -0.3 is 19.1 Å². The lowest BCUT2D eigenvalue weighted by atomic mass is 10.2. The van der Waals surface area contributed by atoms with Crippen molar-refractivity contribution in [1.82, 2.24) is 4.90 Å². The van der Waals surface area contributed by atoms with Gasteiger partial charge in [-0.05, 0) is 12.1 Å². The predicted molar refractivity (Wildman–Crippen MR) is 73.4 cm³/mol. The van der Waals surface area contributed by atoms with Gasteiger partial charge in [-0.2, -0.15) is 0 Å². The zero-order valence-electron chi connectivity index (χ0n) is 11.0. The summed E-state index contributed by atoms with van der Waals surface area (Å²) in [6, 6.07) is 7.25. The summed E-state index contributed by atoms with van der Waals surface area (Å²) < 4.78 is 16.7. The van der Waals surface area contributed by atoms with Crippen LogP contribution >= 0.6 is 11.6 Å². The van der Waals surface area contributed by atoms with Gasteiger partial charge in [-0.25, -0.2) is 0 Å². The molecule has 2 heterocycles. The molecule has 0 bridgehead atoms. The molecule has 6 heteroatoms. The highest BCUT2D eigenvalue weighted by atomic mass is 35.5. The van der Waals surface area contributed by atoms with E-state index in [1.165, 1.54) is 0 Å². The number of rotatable bonds is 2. The van der Waals surface area contributed by atoms with Gasteiger partial charge in [0.25, 0.3) is 5.91 Å². The molecular formula is C14H16ClNO4. The van der Waals surface area contributed by atoms with E-state index in [1.54, 1.807) is 11.0 Å². The first-order chi connectivity index (χ1) is 9.79. The Hall–Kier alpha value is -1.46. The van der Waals surface area contributed by atoms with Gasteiger partial charge >= 0.3 is 0 Å². The lowest BCUT2D eigenvalue weighted by Crippen LogP contribution is -2.55. The van der Waals surface area contributed by atoms with E-state index in [9.17, 15) is 4.79 Å². The van der Waals surface area contributed by atoms with E-state index >= 15 is 0 Å². The molecule has 20 heavy (non-hydrogen) atoms. The molecule has 2 atom stereocenters. The van der Waals surface area contributed by atoms with Gasteiger partial charge in [-0.15, -0.1) is 11.6 Å². The normalized spacial score (nSPS) is 25.4. The zero-order chi connectivity index (χ0) is 13.9. The van der Waals surface area contributed by atoms with Gasteiger partial charge in [-0.1, -0.05) is 12.1 Å². The molecule has 0 saturated carbocycles. The molecule has 108 valence electrons. The average Bonchev–Trinajstić information content (AvgIpc) is 2.53. The number of carbonyl (C=O) groups excluding carboxylic acids is 1. The lowest BCUT2D eigenvalue weighted by molar-refractivity contribution is -0.149. The number of ether oxygens (including phenoxy) is 3. The third kappa shape index (κ3) is 2.55. The van der Waals surface area contributed by atoms with E-state index < -0.39 is 6.10 Å². The number of halogens is 1. The second kappa shape index (κ2) is 5.89. The van der Waals surface area contributed by atoms with Crippen LogP contribution in [-0.2, 0) is 9.53 Å². The number of benzene rings is 1. The highest BCUT2D eigenvalue weighted by Crippen LogP contribution is 2.31. The van der Waals surface area contributed by atoms with Crippen molar-refractivity contribution in [2.75, 3.05) is 32.2 Å². The number of amides is 1. The first kappa shape index (κ1) is 13.5. The van der Waals surface area contributed by atoms with Crippen LogP contribution in [0.15, 0.2) is 24.3 Å². The van der Waals surface area contributed by atoms with Gasteiger partial charge in [-0.3, -0.25) is 4.79 Å². The van der Waals surface area contributed by atoms with Gasteiger partial charge in [0.2, 0.25) is 6.10 Å². The minimum absolute atomic E-state index is 0.0894. The topological polar surface area (TPSA) is 48.0 Å². The molecule has 2 aliphatic heterocycles. The second-order valence-corrected chi connectivity index (χ2v) is 5.09. The van der Waals surface area contributed by atoms with Crippen LogP contribution in [0.1, 0.15) is 0 Å². The Morgan fingerprint density at radius 2 is 2.10 bits per heavy atom. The fraction of sp³-hybridized carbons (Fsp3) is 0.500. The molecule has 2 unspecified atom stereocenters. The van der Waals surface area contributed by atoms with Gasteiger partial charge in [0, 0.05) is 12.4 Å². The molecule has 0 N–H and O–H groups in total. The van der Waals surface area contributed by atoms with Gasteiger partial charge in [0.15, 0.2) is 11.5 Å².